The topological polar surface area (TPSA) is 33.5 Å². The molecule has 1 aliphatic rings. The van der Waals surface area contributed by atoms with Gasteiger partial charge >= 0.3 is 0 Å². The van der Waals surface area contributed by atoms with Crippen LogP contribution in [0.4, 0.5) is 5.69 Å². The second-order valence-corrected chi connectivity index (χ2v) is 7.92. The highest BCUT2D eigenvalue weighted by Crippen LogP contribution is 2.20. The number of fused-ring (bicyclic) bond motifs is 1. The minimum Gasteiger partial charge on any atom is -0.327 e. The van der Waals surface area contributed by atoms with E-state index >= 15 is 0 Å². The van der Waals surface area contributed by atoms with Crippen molar-refractivity contribution in [3.63, 3.8) is 0 Å². The number of amides is 1. The fourth-order valence-electron chi connectivity index (χ4n) is 3.82. The highest BCUT2D eigenvalue weighted by atomic mass is 35.5. The first-order chi connectivity index (χ1) is 13.6. The Morgan fingerprint density at radius 3 is 2.54 bits per heavy atom. The van der Waals surface area contributed by atoms with Crippen LogP contribution in [0, 0.1) is 6.92 Å². The molecule has 0 fully saturated rings. The van der Waals surface area contributed by atoms with Gasteiger partial charge in [0.25, 0.3) is 5.91 Å². The summed E-state index contributed by atoms with van der Waals surface area (Å²) in [5, 5.41) is 3.63. The molecule has 0 aliphatic carbocycles. The molecule has 1 heterocycles. The van der Waals surface area contributed by atoms with E-state index in [1.807, 2.05) is 31.2 Å². The third-order valence-corrected chi connectivity index (χ3v) is 5.65. The Labute approximate surface area is 171 Å². The van der Waals surface area contributed by atoms with Gasteiger partial charge in [-0.15, -0.1) is 0 Å². The minimum absolute atomic E-state index is 0.101. The maximum Gasteiger partial charge on any atom is 0.255 e. The molecular formula is C24H24ClN2O+. The summed E-state index contributed by atoms with van der Waals surface area (Å²) in [6, 6.07) is 22.1. The Morgan fingerprint density at radius 1 is 1.04 bits per heavy atom. The zero-order valence-corrected chi connectivity index (χ0v) is 16.7. The minimum atomic E-state index is -0.101. The molecule has 3 aromatic carbocycles. The molecule has 1 amide bonds. The van der Waals surface area contributed by atoms with E-state index in [0.29, 0.717) is 10.6 Å². The Balaban J connectivity index is 1.39. The Morgan fingerprint density at radius 2 is 1.79 bits per heavy atom. The van der Waals surface area contributed by atoms with Gasteiger partial charge in [-0.2, -0.15) is 0 Å². The first-order valence-electron chi connectivity index (χ1n) is 9.65. The van der Waals surface area contributed by atoms with E-state index < -0.39 is 0 Å². The predicted molar refractivity (Wildman–Crippen MR) is 114 cm³/mol. The zero-order valence-electron chi connectivity index (χ0n) is 16.0. The smallest absolute Gasteiger partial charge is 0.255 e. The Kier molecular flexibility index (Phi) is 5.47. The van der Waals surface area contributed by atoms with Crippen molar-refractivity contribution in [2.45, 2.75) is 26.4 Å². The Hall–Kier alpha value is -2.62. The zero-order chi connectivity index (χ0) is 19.5. The lowest BCUT2D eigenvalue weighted by atomic mass is 9.99. The summed E-state index contributed by atoms with van der Waals surface area (Å²) in [6.07, 6.45) is 1.13. The van der Waals surface area contributed by atoms with Crippen molar-refractivity contribution in [1.29, 1.82) is 0 Å². The standard InChI is InChI=1S/C24H23ClN2O/c1-17-14-22(25)10-11-23(17)26-24(28)20-8-6-18(7-9-20)15-27-13-12-19-4-2-3-5-21(19)16-27/h2-11,14H,12-13,15-16H2,1H3,(H,26,28)/p+1. The third kappa shape index (κ3) is 4.27. The number of nitrogens with one attached hydrogen (secondary N) is 2. The molecule has 0 radical (unpaired) electrons. The molecule has 1 aliphatic heterocycles. The van der Waals surface area contributed by atoms with E-state index in [9.17, 15) is 4.79 Å². The van der Waals surface area contributed by atoms with E-state index in [0.717, 1.165) is 37.3 Å². The number of carbonyl (C=O) groups is 1. The molecule has 2 N–H and O–H groups in total. The number of hydrogen-bond donors (Lipinski definition) is 2. The first kappa shape index (κ1) is 18.7. The maximum absolute atomic E-state index is 12.5. The molecule has 28 heavy (non-hydrogen) atoms. The summed E-state index contributed by atoms with van der Waals surface area (Å²) in [5.74, 6) is -0.101. The van der Waals surface area contributed by atoms with Crippen LogP contribution in [0.25, 0.3) is 0 Å². The number of anilines is 1. The van der Waals surface area contributed by atoms with Gasteiger partial charge in [0.05, 0.1) is 6.54 Å². The molecule has 4 rings (SSSR count). The average molecular weight is 392 g/mol. The van der Waals surface area contributed by atoms with E-state index in [1.54, 1.807) is 11.0 Å². The van der Waals surface area contributed by atoms with Crippen LogP contribution in [0.3, 0.4) is 0 Å². The van der Waals surface area contributed by atoms with Gasteiger partial charge in [0, 0.05) is 33.8 Å². The fourth-order valence-corrected chi connectivity index (χ4v) is 4.05. The van der Waals surface area contributed by atoms with Gasteiger partial charge in [-0.25, -0.2) is 0 Å². The third-order valence-electron chi connectivity index (χ3n) is 5.41. The van der Waals surface area contributed by atoms with Crippen LogP contribution in [0.15, 0.2) is 66.7 Å². The van der Waals surface area contributed by atoms with Gasteiger partial charge in [-0.1, -0.05) is 48.0 Å². The lowest BCUT2D eigenvalue weighted by molar-refractivity contribution is -0.929. The average Bonchev–Trinajstić information content (AvgIpc) is 2.70. The summed E-state index contributed by atoms with van der Waals surface area (Å²) >= 11 is 5.98. The molecule has 1 atom stereocenters. The number of quaternary nitrogens is 1. The van der Waals surface area contributed by atoms with Crippen LogP contribution in [-0.4, -0.2) is 12.5 Å². The van der Waals surface area contributed by atoms with E-state index in [2.05, 4.69) is 41.7 Å². The van der Waals surface area contributed by atoms with Crippen molar-refractivity contribution in [1.82, 2.24) is 0 Å². The van der Waals surface area contributed by atoms with Crippen molar-refractivity contribution in [3.05, 3.63) is 99.6 Å². The van der Waals surface area contributed by atoms with Crippen LogP contribution in [0.1, 0.15) is 32.6 Å². The van der Waals surface area contributed by atoms with Crippen molar-refractivity contribution in [3.8, 4) is 0 Å². The van der Waals surface area contributed by atoms with E-state index in [1.165, 1.54) is 16.7 Å². The lowest BCUT2D eigenvalue weighted by Crippen LogP contribution is -3.10. The summed E-state index contributed by atoms with van der Waals surface area (Å²) in [7, 11) is 0. The predicted octanol–water partition coefficient (Wildman–Crippen LogP) is 4.04. The molecule has 0 bridgehead atoms. The summed E-state index contributed by atoms with van der Waals surface area (Å²) in [5.41, 5.74) is 6.60. The van der Waals surface area contributed by atoms with Crippen molar-refractivity contribution in [2.75, 3.05) is 11.9 Å². The molecule has 3 aromatic rings. The lowest BCUT2D eigenvalue weighted by Gasteiger charge is -2.26. The van der Waals surface area contributed by atoms with Crippen LogP contribution in [-0.2, 0) is 19.5 Å². The number of carbonyl (C=O) groups excluding carboxylic acids is 1. The summed E-state index contributed by atoms with van der Waals surface area (Å²) < 4.78 is 0. The van der Waals surface area contributed by atoms with Gasteiger partial charge in [0.1, 0.15) is 13.1 Å². The van der Waals surface area contributed by atoms with Crippen LogP contribution < -0.4 is 10.2 Å². The van der Waals surface area contributed by atoms with E-state index in [4.69, 9.17) is 11.6 Å². The molecule has 0 saturated carbocycles. The highest BCUT2D eigenvalue weighted by Gasteiger charge is 2.19. The van der Waals surface area contributed by atoms with Gasteiger partial charge in [-0.3, -0.25) is 4.79 Å². The number of aryl methyl sites for hydroxylation is 1. The maximum atomic E-state index is 12.5. The number of benzene rings is 3. The molecule has 1 unspecified atom stereocenters. The molecule has 0 saturated heterocycles. The summed E-state index contributed by atoms with van der Waals surface area (Å²) in [4.78, 5) is 14.1. The second-order valence-electron chi connectivity index (χ2n) is 7.48. The van der Waals surface area contributed by atoms with E-state index in [-0.39, 0.29) is 5.91 Å². The van der Waals surface area contributed by atoms with Gasteiger partial charge < -0.3 is 10.2 Å². The van der Waals surface area contributed by atoms with Crippen LogP contribution >= 0.6 is 11.6 Å². The summed E-state index contributed by atoms with van der Waals surface area (Å²) in [6.45, 7) is 5.13. The van der Waals surface area contributed by atoms with Crippen molar-refractivity contribution >= 4 is 23.2 Å². The number of halogens is 1. The molecule has 142 valence electrons. The van der Waals surface area contributed by atoms with Crippen molar-refractivity contribution < 1.29 is 9.69 Å². The quantitative estimate of drug-likeness (QED) is 0.691. The van der Waals surface area contributed by atoms with Crippen molar-refractivity contribution in [2.24, 2.45) is 0 Å². The first-order valence-corrected chi connectivity index (χ1v) is 10.0. The second kappa shape index (κ2) is 8.17. The van der Waals surface area contributed by atoms with Gasteiger partial charge in [0.15, 0.2) is 0 Å². The number of hydrogen-bond acceptors (Lipinski definition) is 1. The SMILES string of the molecule is Cc1cc(Cl)ccc1NC(=O)c1ccc(C[NH+]2CCc3ccccc3C2)cc1. The monoisotopic (exact) mass is 391 g/mol. The van der Waals surface area contributed by atoms with Crippen LogP contribution in [0.5, 0.6) is 0 Å². The molecule has 3 nitrogen and oxygen atoms in total. The molecular weight excluding hydrogens is 368 g/mol. The van der Waals surface area contributed by atoms with Crippen LogP contribution in [0.2, 0.25) is 5.02 Å². The molecule has 0 aromatic heterocycles. The fraction of sp³-hybridized carbons (Fsp3) is 0.208. The highest BCUT2D eigenvalue weighted by molar-refractivity contribution is 6.30. The van der Waals surface area contributed by atoms with Gasteiger partial charge in [0.2, 0.25) is 0 Å². The normalized spacial score (nSPS) is 15.7. The number of rotatable bonds is 4. The van der Waals surface area contributed by atoms with Gasteiger partial charge in [-0.05, 0) is 48.4 Å². The molecule has 4 heteroatoms. The largest absolute Gasteiger partial charge is 0.327 e. The Bertz CT molecular complexity index is 998. The molecule has 0 spiro atoms.